The highest BCUT2D eigenvalue weighted by molar-refractivity contribution is 7.25. The van der Waals surface area contributed by atoms with Crippen LogP contribution in [0.3, 0.4) is 0 Å². The maximum absolute atomic E-state index is 2.54. The third-order valence-electron chi connectivity index (χ3n) is 13.9. The zero-order valence-corrected chi connectivity index (χ0v) is 31.1. The van der Waals surface area contributed by atoms with Crippen LogP contribution in [0.5, 0.6) is 0 Å². The molecule has 2 heteroatoms. The molecule has 4 bridgehead atoms. The number of nitrogens with zero attached hydrogens (tertiary/aromatic N) is 1. The van der Waals surface area contributed by atoms with Gasteiger partial charge in [0.25, 0.3) is 0 Å². The van der Waals surface area contributed by atoms with E-state index in [0.29, 0.717) is 0 Å². The van der Waals surface area contributed by atoms with Crippen LogP contribution in [0.2, 0.25) is 0 Å². The van der Waals surface area contributed by atoms with E-state index < -0.39 is 0 Å². The van der Waals surface area contributed by atoms with Crippen LogP contribution in [-0.4, -0.2) is 0 Å². The first kappa shape index (κ1) is 31.0. The van der Waals surface area contributed by atoms with Gasteiger partial charge in [-0.15, -0.1) is 11.3 Å². The smallest absolute Gasteiger partial charge is 0.0543 e. The van der Waals surface area contributed by atoms with E-state index in [1.54, 1.807) is 11.1 Å². The van der Waals surface area contributed by atoms with E-state index in [9.17, 15) is 0 Å². The lowest BCUT2D eigenvalue weighted by Gasteiger charge is -2.61. The van der Waals surface area contributed by atoms with Crippen LogP contribution in [0.4, 0.5) is 17.1 Å². The Morgan fingerprint density at radius 2 is 1.02 bits per heavy atom. The van der Waals surface area contributed by atoms with E-state index in [1.165, 1.54) is 103 Å². The number of benzene rings is 7. The van der Waals surface area contributed by atoms with Crippen molar-refractivity contribution in [2.45, 2.75) is 37.5 Å². The SMILES string of the molecule is c1ccc(-c2ccc(N(c3ccc(-c4ccc5c(c4)sc4ccccc45)cc3)c3cccc4c3-c3ccccc3C43C4CC5CC(C4)CC3C5)cc2)cc1. The minimum atomic E-state index is 0.132. The van der Waals surface area contributed by atoms with Gasteiger partial charge in [0, 0.05) is 42.5 Å². The molecular weight excluding hydrogens is 671 g/mol. The third kappa shape index (κ3) is 4.44. The van der Waals surface area contributed by atoms with Gasteiger partial charge in [-0.05, 0) is 137 Å². The van der Waals surface area contributed by atoms with E-state index >= 15 is 0 Å². The molecule has 0 amide bonds. The van der Waals surface area contributed by atoms with Gasteiger partial charge in [0.1, 0.15) is 0 Å². The Morgan fingerprint density at radius 1 is 0.444 bits per heavy atom. The van der Waals surface area contributed by atoms with Crippen molar-refractivity contribution in [1.82, 2.24) is 0 Å². The molecule has 5 aliphatic rings. The zero-order chi connectivity index (χ0) is 35.4. The summed E-state index contributed by atoms with van der Waals surface area (Å²) >= 11 is 1.89. The molecule has 1 nitrogen and oxygen atoms in total. The summed E-state index contributed by atoms with van der Waals surface area (Å²) in [5.41, 5.74) is 14.9. The van der Waals surface area contributed by atoms with Crippen LogP contribution in [0.25, 0.3) is 53.6 Å². The zero-order valence-electron chi connectivity index (χ0n) is 30.3. The Kier molecular flexibility index (Phi) is 6.75. The van der Waals surface area contributed by atoms with Gasteiger partial charge in [-0.1, -0.05) is 121 Å². The van der Waals surface area contributed by atoms with Crippen molar-refractivity contribution < 1.29 is 0 Å². The maximum Gasteiger partial charge on any atom is 0.0543 e. The summed E-state index contributed by atoms with van der Waals surface area (Å²) in [7, 11) is 0. The number of anilines is 3. The van der Waals surface area contributed by atoms with Gasteiger partial charge in [-0.3, -0.25) is 0 Å². The maximum atomic E-state index is 2.54. The molecule has 4 fully saturated rings. The van der Waals surface area contributed by atoms with Crippen LogP contribution in [0.1, 0.15) is 43.2 Å². The fourth-order valence-corrected chi connectivity index (χ4v) is 13.1. The first-order chi connectivity index (χ1) is 26.7. The molecule has 0 atom stereocenters. The largest absolute Gasteiger partial charge is 0.310 e. The molecule has 13 rings (SSSR count). The second kappa shape index (κ2) is 11.8. The summed E-state index contributed by atoms with van der Waals surface area (Å²) in [4.78, 5) is 2.54. The van der Waals surface area contributed by atoms with E-state index in [2.05, 4.69) is 169 Å². The van der Waals surface area contributed by atoms with Gasteiger partial charge in [0.15, 0.2) is 0 Å². The number of hydrogen-bond acceptors (Lipinski definition) is 2. The molecule has 1 heterocycles. The second-order valence-electron chi connectivity index (χ2n) is 16.5. The summed E-state index contributed by atoms with van der Waals surface area (Å²) in [6.07, 6.45) is 7.04. The molecule has 54 heavy (non-hydrogen) atoms. The molecule has 1 aromatic heterocycles. The van der Waals surface area contributed by atoms with E-state index in [0.717, 1.165) is 23.7 Å². The fraction of sp³-hybridized carbons (Fsp3) is 0.192. The van der Waals surface area contributed by atoms with Crippen molar-refractivity contribution in [1.29, 1.82) is 0 Å². The lowest BCUT2D eigenvalue weighted by Crippen LogP contribution is -2.55. The van der Waals surface area contributed by atoms with Crippen molar-refractivity contribution in [3.63, 3.8) is 0 Å². The van der Waals surface area contributed by atoms with Gasteiger partial charge < -0.3 is 4.90 Å². The molecule has 260 valence electrons. The number of rotatable bonds is 5. The van der Waals surface area contributed by atoms with Crippen LogP contribution < -0.4 is 4.90 Å². The number of fused-ring (bicyclic) bond motifs is 6. The molecule has 0 saturated heterocycles. The van der Waals surface area contributed by atoms with Crippen LogP contribution >= 0.6 is 11.3 Å². The molecule has 7 aromatic carbocycles. The molecular formula is C52H41NS. The van der Waals surface area contributed by atoms with Crippen molar-refractivity contribution in [3.8, 4) is 33.4 Å². The van der Waals surface area contributed by atoms with Crippen LogP contribution in [-0.2, 0) is 5.41 Å². The minimum Gasteiger partial charge on any atom is -0.310 e. The average Bonchev–Trinajstić information content (AvgIpc) is 3.74. The standard InChI is InChI=1S/C52H41NS/c1-2-9-35(10-3-1)36-17-22-41(23-18-36)53(42-24-19-37(20-25-42)38-21-26-44-43-11-5-7-16-49(43)54-50(44)32-38)48-15-8-14-47-51(48)45-12-4-6-13-46(45)52(47)39-28-33-27-34(30-39)31-40(52)29-33/h1-26,32-34,39-40H,27-31H2. The Hall–Kier alpha value is -5.44. The van der Waals surface area contributed by atoms with Crippen LogP contribution in [0, 0.1) is 23.7 Å². The highest BCUT2D eigenvalue weighted by Crippen LogP contribution is 2.70. The van der Waals surface area contributed by atoms with Crippen molar-refractivity contribution in [3.05, 3.63) is 175 Å². The lowest BCUT2D eigenvalue weighted by molar-refractivity contribution is -0.0399. The Morgan fingerprint density at radius 3 is 1.76 bits per heavy atom. The summed E-state index contributed by atoms with van der Waals surface area (Å²) in [5, 5.41) is 2.69. The highest BCUT2D eigenvalue weighted by Gasteiger charge is 2.61. The van der Waals surface area contributed by atoms with Gasteiger partial charge >= 0.3 is 0 Å². The van der Waals surface area contributed by atoms with Gasteiger partial charge in [-0.2, -0.15) is 0 Å². The van der Waals surface area contributed by atoms with Crippen molar-refractivity contribution in [2.75, 3.05) is 4.90 Å². The van der Waals surface area contributed by atoms with E-state index in [-0.39, 0.29) is 5.41 Å². The van der Waals surface area contributed by atoms with E-state index in [1.807, 2.05) is 11.3 Å². The topological polar surface area (TPSA) is 3.24 Å². The molecule has 0 unspecified atom stereocenters. The fourth-order valence-electron chi connectivity index (χ4n) is 11.9. The van der Waals surface area contributed by atoms with E-state index in [4.69, 9.17) is 0 Å². The summed E-state index contributed by atoms with van der Waals surface area (Å²) in [6.45, 7) is 0. The predicted octanol–water partition coefficient (Wildman–Crippen LogP) is 14.6. The van der Waals surface area contributed by atoms with Gasteiger partial charge in [0.2, 0.25) is 0 Å². The molecule has 0 radical (unpaired) electrons. The Bertz CT molecular complexity index is 2690. The predicted molar refractivity (Wildman–Crippen MR) is 228 cm³/mol. The number of hydrogen-bond donors (Lipinski definition) is 0. The summed E-state index contributed by atoms with van der Waals surface area (Å²) in [6, 6.07) is 61.9. The van der Waals surface area contributed by atoms with Gasteiger partial charge in [-0.25, -0.2) is 0 Å². The molecule has 1 spiro atoms. The highest BCUT2D eigenvalue weighted by atomic mass is 32.1. The number of thiophene rings is 1. The second-order valence-corrected chi connectivity index (χ2v) is 17.6. The van der Waals surface area contributed by atoms with Crippen LogP contribution in [0.15, 0.2) is 164 Å². The summed E-state index contributed by atoms with van der Waals surface area (Å²) < 4.78 is 2.69. The Labute approximate surface area is 321 Å². The molecule has 0 N–H and O–H groups in total. The normalized spacial score (nSPS) is 23.3. The molecule has 4 saturated carbocycles. The van der Waals surface area contributed by atoms with Gasteiger partial charge in [0.05, 0.1) is 5.69 Å². The minimum absolute atomic E-state index is 0.132. The first-order valence-corrected chi connectivity index (χ1v) is 20.7. The summed E-state index contributed by atoms with van der Waals surface area (Å²) in [5.74, 6) is 3.33. The molecule has 8 aromatic rings. The molecule has 5 aliphatic carbocycles. The van der Waals surface area contributed by atoms with Crippen molar-refractivity contribution >= 4 is 48.6 Å². The third-order valence-corrected chi connectivity index (χ3v) is 15.0. The average molecular weight is 712 g/mol. The monoisotopic (exact) mass is 711 g/mol. The van der Waals surface area contributed by atoms with Crippen molar-refractivity contribution in [2.24, 2.45) is 23.7 Å². The quantitative estimate of drug-likeness (QED) is 0.172. The molecule has 0 aliphatic heterocycles. The Balaban J connectivity index is 1.02. The lowest BCUT2D eigenvalue weighted by atomic mass is 9.43. The first-order valence-electron chi connectivity index (χ1n) is 19.9.